The van der Waals surface area contributed by atoms with Gasteiger partial charge in [-0.25, -0.2) is 4.98 Å². The average Bonchev–Trinajstić information content (AvgIpc) is 3.09. The van der Waals surface area contributed by atoms with Crippen LogP contribution in [0.2, 0.25) is 0 Å². The van der Waals surface area contributed by atoms with E-state index in [1.807, 2.05) is 6.20 Å². The number of piperidine rings is 1. The Labute approximate surface area is 187 Å². The van der Waals surface area contributed by atoms with Gasteiger partial charge in [-0.1, -0.05) is 20.8 Å². The van der Waals surface area contributed by atoms with Crippen molar-refractivity contribution < 1.29 is 9.15 Å². The molecule has 1 aromatic rings. The minimum Gasteiger partial charge on any atom is -0.443 e. The first-order valence-electron chi connectivity index (χ1n) is 10.0. The number of rotatable bonds is 7. The first-order valence-corrected chi connectivity index (χ1v) is 10.0. The van der Waals surface area contributed by atoms with E-state index in [1.54, 1.807) is 7.05 Å². The summed E-state index contributed by atoms with van der Waals surface area (Å²) in [4.78, 5) is 11.2. The molecule has 0 spiro atoms. The van der Waals surface area contributed by atoms with E-state index in [0.29, 0.717) is 24.6 Å². The van der Waals surface area contributed by atoms with Crippen molar-refractivity contribution in [1.29, 1.82) is 0 Å². The summed E-state index contributed by atoms with van der Waals surface area (Å²) >= 11 is 0. The third-order valence-corrected chi connectivity index (χ3v) is 4.71. The fourth-order valence-corrected chi connectivity index (χ4v) is 3.00. The van der Waals surface area contributed by atoms with Crippen LogP contribution in [0.1, 0.15) is 59.1 Å². The quantitative estimate of drug-likeness (QED) is 0.336. The number of hydrogen-bond acceptors (Lipinski definition) is 5. The highest BCUT2D eigenvalue weighted by atomic mass is 127. The summed E-state index contributed by atoms with van der Waals surface area (Å²) in [6.07, 6.45) is 4.33. The second-order valence-corrected chi connectivity index (χ2v) is 8.47. The Bertz CT molecular complexity index is 590. The van der Waals surface area contributed by atoms with Crippen LogP contribution in [0.25, 0.3) is 0 Å². The molecule has 1 fully saturated rings. The zero-order valence-corrected chi connectivity index (χ0v) is 20.6. The van der Waals surface area contributed by atoms with Gasteiger partial charge >= 0.3 is 0 Å². The maximum Gasteiger partial charge on any atom is 0.213 e. The van der Waals surface area contributed by atoms with Gasteiger partial charge in [-0.3, -0.25) is 4.99 Å². The van der Waals surface area contributed by atoms with E-state index in [0.717, 1.165) is 50.8 Å². The second kappa shape index (κ2) is 12.0. The van der Waals surface area contributed by atoms with Crippen molar-refractivity contribution >= 4 is 29.9 Å². The number of oxazole rings is 1. The molecule has 0 radical (unpaired) electrons. The van der Waals surface area contributed by atoms with E-state index in [-0.39, 0.29) is 29.4 Å². The van der Waals surface area contributed by atoms with Crippen LogP contribution in [0.15, 0.2) is 15.6 Å². The normalized spacial score (nSPS) is 16.9. The highest BCUT2D eigenvalue weighted by Crippen LogP contribution is 2.22. The molecule has 8 heteroatoms. The Morgan fingerprint density at radius 2 is 2.04 bits per heavy atom. The number of nitrogens with one attached hydrogen (secondary N) is 2. The SMILES string of the molecule is CN=C(NCc1ncc(C(C)(C)C)o1)NC1CCN(CCOC(C)C)CC1.I. The first-order chi connectivity index (χ1) is 12.8. The lowest BCUT2D eigenvalue weighted by Gasteiger charge is -2.33. The van der Waals surface area contributed by atoms with Crippen LogP contribution in [0.4, 0.5) is 0 Å². The third kappa shape index (κ3) is 8.65. The lowest BCUT2D eigenvalue weighted by atomic mass is 9.94. The molecule has 28 heavy (non-hydrogen) atoms. The topological polar surface area (TPSA) is 74.9 Å². The van der Waals surface area contributed by atoms with Crippen molar-refractivity contribution in [1.82, 2.24) is 20.5 Å². The second-order valence-electron chi connectivity index (χ2n) is 8.47. The average molecular weight is 507 g/mol. The van der Waals surface area contributed by atoms with Gasteiger partial charge in [-0.05, 0) is 26.7 Å². The van der Waals surface area contributed by atoms with Gasteiger partial charge in [0.1, 0.15) is 5.76 Å². The predicted octanol–water partition coefficient (Wildman–Crippen LogP) is 3.14. The summed E-state index contributed by atoms with van der Waals surface area (Å²) < 4.78 is 11.5. The number of nitrogens with zero attached hydrogens (tertiary/aromatic N) is 3. The van der Waals surface area contributed by atoms with Gasteiger partial charge in [0.25, 0.3) is 0 Å². The number of aliphatic imine (C=N–C) groups is 1. The molecular weight excluding hydrogens is 469 g/mol. The van der Waals surface area contributed by atoms with Crippen molar-refractivity contribution in [2.45, 2.75) is 71.6 Å². The molecule has 0 aliphatic carbocycles. The summed E-state index contributed by atoms with van der Waals surface area (Å²) in [6, 6.07) is 0.438. The van der Waals surface area contributed by atoms with E-state index >= 15 is 0 Å². The fraction of sp³-hybridized carbons (Fsp3) is 0.800. The molecule has 0 saturated carbocycles. The van der Waals surface area contributed by atoms with Crippen LogP contribution in [-0.2, 0) is 16.7 Å². The van der Waals surface area contributed by atoms with Gasteiger partial charge in [0.2, 0.25) is 5.89 Å². The molecule has 162 valence electrons. The van der Waals surface area contributed by atoms with Crippen molar-refractivity contribution in [3.63, 3.8) is 0 Å². The van der Waals surface area contributed by atoms with Crippen LogP contribution in [0, 0.1) is 0 Å². The van der Waals surface area contributed by atoms with Crippen LogP contribution in [0.3, 0.4) is 0 Å². The number of hydrogen-bond donors (Lipinski definition) is 2. The summed E-state index contributed by atoms with van der Waals surface area (Å²) in [7, 11) is 1.80. The number of likely N-dealkylation sites (tertiary alicyclic amines) is 1. The van der Waals surface area contributed by atoms with Gasteiger partial charge in [0.05, 0.1) is 25.5 Å². The van der Waals surface area contributed by atoms with Gasteiger partial charge in [0, 0.05) is 38.1 Å². The standard InChI is InChI=1S/C20H37N5O2.HI/c1-15(2)26-12-11-25-9-7-16(8-10-25)24-19(21-6)23-14-18-22-13-17(27-18)20(3,4)5;/h13,15-16H,7-12,14H2,1-6H3,(H2,21,23,24);1H. The number of ether oxygens (including phenoxy) is 1. The monoisotopic (exact) mass is 507 g/mol. The van der Waals surface area contributed by atoms with Gasteiger partial charge in [-0.2, -0.15) is 0 Å². The number of halogens is 1. The van der Waals surface area contributed by atoms with Crippen molar-refractivity contribution in [3.05, 3.63) is 17.8 Å². The Balaban J connectivity index is 0.00000392. The van der Waals surface area contributed by atoms with E-state index in [4.69, 9.17) is 9.15 Å². The minimum absolute atomic E-state index is 0. The largest absolute Gasteiger partial charge is 0.443 e. The van der Waals surface area contributed by atoms with E-state index in [1.165, 1.54) is 0 Å². The lowest BCUT2D eigenvalue weighted by Crippen LogP contribution is -2.49. The van der Waals surface area contributed by atoms with Gasteiger partial charge in [0.15, 0.2) is 5.96 Å². The number of aromatic nitrogens is 1. The zero-order chi connectivity index (χ0) is 19.9. The van der Waals surface area contributed by atoms with Crippen LogP contribution in [-0.4, -0.2) is 61.3 Å². The smallest absolute Gasteiger partial charge is 0.213 e. The van der Waals surface area contributed by atoms with Gasteiger partial charge < -0.3 is 24.7 Å². The predicted molar refractivity (Wildman–Crippen MR) is 125 cm³/mol. The highest BCUT2D eigenvalue weighted by Gasteiger charge is 2.21. The molecule has 0 unspecified atom stereocenters. The van der Waals surface area contributed by atoms with E-state index in [9.17, 15) is 0 Å². The molecule has 1 saturated heterocycles. The van der Waals surface area contributed by atoms with Crippen molar-refractivity contribution in [3.8, 4) is 0 Å². The Kier molecular flexibility index (Phi) is 10.8. The van der Waals surface area contributed by atoms with Crippen LogP contribution in [0.5, 0.6) is 0 Å². The Morgan fingerprint density at radius 3 is 2.57 bits per heavy atom. The Hall–Kier alpha value is -0.870. The molecule has 0 bridgehead atoms. The summed E-state index contributed by atoms with van der Waals surface area (Å²) in [5.41, 5.74) is -0.0284. The highest BCUT2D eigenvalue weighted by molar-refractivity contribution is 14.0. The maximum atomic E-state index is 5.83. The maximum absolute atomic E-state index is 5.83. The van der Waals surface area contributed by atoms with Crippen molar-refractivity contribution in [2.75, 3.05) is 33.3 Å². The molecule has 1 aromatic heterocycles. The van der Waals surface area contributed by atoms with Crippen LogP contribution < -0.4 is 10.6 Å². The van der Waals surface area contributed by atoms with E-state index < -0.39 is 0 Å². The number of guanidine groups is 1. The molecule has 1 aliphatic heterocycles. The van der Waals surface area contributed by atoms with Gasteiger partial charge in [-0.15, -0.1) is 24.0 Å². The Morgan fingerprint density at radius 1 is 1.36 bits per heavy atom. The minimum atomic E-state index is -0.0284. The van der Waals surface area contributed by atoms with E-state index in [2.05, 4.69) is 60.1 Å². The lowest BCUT2D eigenvalue weighted by molar-refractivity contribution is 0.0532. The molecule has 2 heterocycles. The molecule has 2 rings (SSSR count). The molecule has 7 nitrogen and oxygen atoms in total. The molecule has 0 aromatic carbocycles. The summed E-state index contributed by atoms with van der Waals surface area (Å²) in [5, 5.41) is 6.82. The first kappa shape index (κ1) is 25.2. The molecular formula is C20H38IN5O2. The summed E-state index contributed by atoms with van der Waals surface area (Å²) in [6.45, 7) is 15.0. The molecule has 0 atom stereocenters. The van der Waals surface area contributed by atoms with Crippen LogP contribution >= 0.6 is 24.0 Å². The molecule has 0 amide bonds. The molecule has 2 N–H and O–H groups in total. The summed E-state index contributed by atoms with van der Waals surface area (Å²) in [5.74, 6) is 2.38. The zero-order valence-electron chi connectivity index (χ0n) is 18.2. The fourth-order valence-electron chi connectivity index (χ4n) is 3.00. The van der Waals surface area contributed by atoms with Crippen molar-refractivity contribution in [2.24, 2.45) is 4.99 Å². The molecule has 1 aliphatic rings. The third-order valence-electron chi connectivity index (χ3n) is 4.71.